The van der Waals surface area contributed by atoms with Crippen LogP contribution in [0, 0.1) is 0 Å². The Hall–Kier alpha value is -2.42. The molecular weight excluding hydrogens is 226 g/mol. The Morgan fingerprint density at radius 3 is 2.83 bits per heavy atom. The normalized spacial score (nSPS) is 10.7. The minimum atomic E-state index is -0.0665. The van der Waals surface area contributed by atoms with Crippen molar-refractivity contribution in [3.05, 3.63) is 54.6 Å². The van der Waals surface area contributed by atoms with Gasteiger partial charge >= 0.3 is 0 Å². The van der Waals surface area contributed by atoms with Crippen LogP contribution in [0.15, 0.2) is 53.2 Å². The summed E-state index contributed by atoms with van der Waals surface area (Å²) in [5.74, 6) is 1.02. The van der Waals surface area contributed by atoms with Gasteiger partial charge in [0, 0.05) is 30.3 Å². The highest BCUT2D eigenvalue weighted by atomic mass is 16.3. The van der Waals surface area contributed by atoms with Gasteiger partial charge in [-0.3, -0.25) is 9.78 Å². The lowest BCUT2D eigenvalue weighted by Gasteiger charge is -2.02. The zero-order valence-electron chi connectivity index (χ0n) is 9.88. The first-order chi connectivity index (χ1) is 8.75. The Morgan fingerprint density at radius 2 is 2.06 bits per heavy atom. The molecule has 0 radical (unpaired) electrons. The summed E-state index contributed by atoms with van der Waals surface area (Å²) in [6.45, 7) is 1.50. The number of fused-ring (bicyclic) bond motifs is 1. The monoisotopic (exact) mass is 237 g/mol. The van der Waals surface area contributed by atoms with E-state index in [1.165, 1.54) is 6.92 Å². The first-order valence-electron chi connectivity index (χ1n) is 5.69. The topological polar surface area (TPSA) is 43.1 Å². The van der Waals surface area contributed by atoms with Gasteiger partial charge in [0.15, 0.2) is 11.5 Å². The van der Waals surface area contributed by atoms with Crippen molar-refractivity contribution in [1.82, 2.24) is 4.98 Å². The molecule has 0 bridgehead atoms. The van der Waals surface area contributed by atoms with Crippen LogP contribution in [-0.4, -0.2) is 10.8 Å². The van der Waals surface area contributed by atoms with Gasteiger partial charge < -0.3 is 4.42 Å². The van der Waals surface area contributed by atoms with E-state index in [4.69, 9.17) is 4.42 Å². The van der Waals surface area contributed by atoms with Crippen LogP contribution in [0.3, 0.4) is 0 Å². The first-order valence-corrected chi connectivity index (χ1v) is 5.69. The SMILES string of the molecule is CC(=O)c1ccc(-c2cccc3cnccc23)o1. The lowest BCUT2D eigenvalue weighted by molar-refractivity contribution is 0.0988. The quantitative estimate of drug-likeness (QED) is 0.638. The summed E-state index contributed by atoms with van der Waals surface area (Å²) < 4.78 is 5.57. The van der Waals surface area contributed by atoms with Gasteiger partial charge in [0.05, 0.1) is 0 Å². The van der Waals surface area contributed by atoms with Crippen LogP contribution < -0.4 is 0 Å². The lowest BCUT2D eigenvalue weighted by atomic mass is 10.1. The molecule has 0 amide bonds. The van der Waals surface area contributed by atoms with Crippen LogP contribution >= 0.6 is 0 Å². The van der Waals surface area contributed by atoms with Gasteiger partial charge in [-0.25, -0.2) is 0 Å². The van der Waals surface area contributed by atoms with Gasteiger partial charge in [-0.05, 0) is 23.6 Å². The maximum Gasteiger partial charge on any atom is 0.194 e. The van der Waals surface area contributed by atoms with Crippen molar-refractivity contribution in [3.8, 4) is 11.3 Å². The molecule has 1 aromatic carbocycles. The van der Waals surface area contributed by atoms with Gasteiger partial charge in [0.25, 0.3) is 0 Å². The van der Waals surface area contributed by atoms with Gasteiger partial charge in [-0.1, -0.05) is 18.2 Å². The predicted molar refractivity (Wildman–Crippen MR) is 69.4 cm³/mol. The van der Waals surface area contributed by atoms with E-state index in [0.29, 0.717) is 11.5 Å². The number of pyridine rings is 1. The van der Waals surface area contributed by atoms with Crippen LogP contribution in [0.4, 0.5) is 0 Å². The van der Waals surface area contributed by atoms with Crippen molar-refractivity contribution in [2.24, 2.45) is 0 Å². The molecule has 0 N–H and O–H groups in total. The molecule has 0 aliphatic rings. The molecule has 18 heavy (non-hydrogen) atoms. The molecule has 0 aliphatic carbocycles. The Labute approximate surface area is 104 Å². The van der Waals surface area contributed by atoms with Crippen molar-refractivity contribution in [3.63, 3.8) is 0 Å². The summed E-state index contributed by atoms with van der Waals surface area (Å²) >= 11 is 0. The number of aromatic nitrogens is 1. The zero-order valence-corrected chi connectivity index (χ0v) is 9.88. The Morgan fingerprint density at radius 1 is 1.17 bits per heavy atom. The Kier molecular flexibility index (Phi) is 2.45. The van der Waals surface area contributed by atoms with E-state index >= 15 is 0 Å². The van der Waals surface area contributed by atoms with E-state index in [2.05, 4.69) is 4.98 Å². The molecule has 2 aromatic heterocycles. The van der Waals surface area contributed by atoms with E-state index in [1.54, 1.807) is 12.3 Å². The number of ketones is 1. The first kappa shape index (κ1) is 10.7. The van der Waals surface area contributed by atoms with Crippen molar-refractivity contribution in [2.45, 2.75) is 6.92 Å². The molecule has 2 heterocycles. The third-order valence-corrected chi connectivity index (χ3v) is 2.90. The summed E-state index contributed by atoms with van der Waals surface area (Å²) in [4.78, 5) is 15.3. The predicted octanol–water partition coefficient (Wildman–Crippen LogP) is 3.70. The van der Waals surface area contributed by atoms with E-state index in [-0.39, 0.29) is 5.78 Å². The number of carbonyl (C=O) groups is 1. The largest absolute Gasteiger partial charge is 0.453 e. The summed E-state index contributed by atoms with van der Waals surface area (Å²) in [7, 11) is 0. The number of rotatable bonds is 2. The molecule has 88 valence electrons. The molecule has 3 aromatic rings. The second kappa shape index (κ2) is 4.11. The molecule has 0 fully saturated rings. The summed E-state index contributed by atoms with van der Waals surface area (Å²) in [5.41, 5.74) is 0.974. The second-order valence-corrected chi connectivity index (χ2v) is 4.12. The number of furan rings is 1. The minimum absolute atomic E-state index is 0.0665. The van der Waals surface area contributed by atoms with Crippen molar-refractivity contribution in [2.75, 3.05) is 0 Å². The summed E-state index contributed by atoms with van der Waals surface area (Å²) in [5, 5.41) is 2.12. The second-order valence-electron chi connectivity index (χ2n) is 4.12. The van der Waals surface area contributed by atoms with Crippen molar-refractivity contribution < 1.29 is 9.21 Å². The molecule has 0 spiro atoms. The van der Waals surface area contributed by atoms with Gasteiger partial charge in [0.2, 0.25) is 0 Å². The number of carbonyl (C=O) groups excluding carboxylic acids is 1. The summed E-state index contributed by atoms with van der Waals surface area (Å²) in [6.07, 6.45) is 3.56. The van der Waals surface area contributed by atoms with Crippen LogP contribution in [0.25, 0.3) is 22.1 Å². The van der Waals surface area contributed by atoms with E-state index < -0.39 is 0 Å². The van der Waals surface area contributed by atoms with Crippen LogP contribution in [0.1, 0.15) is 17.5 Å². The average Bonchev–Trinajstić information content (AvgIpc) is 2.87. The van der Waals surface area contributed by atoms with Crippen LogP contribution in [0.2, 0.25) is 0 Å². The molecule has 3 rings (SSSR count). The molecule has 0 saturated heterocycles. The molecule has 3 nitrogen and oxygen atoms in total. The van der Waals surface area contributed by atoms with Crippen LogP contribution in [0.5, 0.6) is 0 Å². The van der Waals surface area contributed by atoms with Crippen LogP contribution in [-0.2, 0) is 0 Å². The smallest absolute Gasteiger partial charge is 0.194 e. The molecule has 3 heteroatoms. The van der Waals surface area contributed by atoms with Crippen molar-refractivity contribution in [1.29, 1.82) is 0 Å². The molecule has 0 unspecified atom stereocenters. The molecular formula is C15H11NO2. The number of benzene rings is 1. The Bertz CT molecular complexity index is 723. The third-order valence-electron chi connectivity index (χ3n) is 2.90. The van der Waals surface area contributed by atoms with Gasteiger partial charge in [-0.15, -0.1) is 0 Å². The third kappa shape index (κ3) is 1.70. The average molecular weight is 237 g/mol. The van der Waals surface area contributed by atoms with Gasteiger partial charge in [0.1, 0.15) is 5.76 Å². The number of Topliss-reactive ketones (excluding diaryl/α,β-unsaturated/α-hetero) is 1. The number of nitrogens with zero attached hydrogens (tertiary/aromatic N) is 1. The standard InChI is InChI=1S/C15H11NO2/c1-10(17)14-5-6-15(18-14)13-4-2-3-11-9-16-8-7-12(11)13/h2-9H,1H3. The van der Waals surface area contributed by atoms with Gasteiger partial charge in [-0.2, -0.15) is 0 Å². The molecule has 0 aliphatic heterocycles. The van der Waals surface area contributed by atoms with E-state index in [1.807, 2.05) is 36.5 Å². The highest BCUT2D eigenvalue weighted by Crippen LogP contribution is 2.29. The van der Waals surface area contributed by atoms with Crippen molar-refractivity contribution >= 4 is 16.6 Å². The lowest BCUT2D eigenvalue weighted by Crippen LogP contribution is -1.86. The maximum absolute atomic E-state index is 11.2. The highest BCUT2D eigenvalue weighted by Gasteiger charge is 2.10. The Balaban J connectivity index is 2.21. The number of hydrogen-bond donors (Lipinski definition) is 0. The highest BCUT2D eigenvalue weighted by molar-refractivity contribution is 5.96. The fraction of sp³-hybridized carbons (Fsp3) is 0.0667. The van der Waals surface area contributed by atoms with E-state index in [9.17, 15) is 4.79 Å². The minimum Gasteiger partial charge on any atom is -0.453 e. The fourth-order valence-electron chi connectivity index (χ4n) is 2.01. The van der Waals surface area contributed by atoms with E-state index in [0.717, 1.165) is 16.3 Å². The maximum atomic E-state index is 11.2. The number of hydrogen-bond acceptors (Lipinski definition) is 3. The molecule has 0 atom stereocenters. The summed E-state index contributed by atoms with van der Waals surface area (Å²) in [6, 6.07) is 11.4. The fourth-order valence-corrected chi connectivity index (χ4v) is 2.01. The zero-order chi connectivity index (χ0) is 12.5. The molecule has 0 saturated carbocycles.